The number of nitrogens with one attached hydrogen (secondary N) is 1. The predicted octanol–water partition coefficient (Wildman–Crippen LogP) is 4.09. The van der Waals surface area contributed by atoms with Gasteiger partial charge >= 0.3 is 6.03 Å². The number of benzene rings is 1. The number of urea groups is 1. The average Bonchev–Trinajstić information content (AvgIpc) is 2.84. The van der Waals surface area contributed by atoms with Crippen molar-refractivity contribution in [3.63, 3.8) is 0 Å². The number of thiophene rings is 1. The molecule has 0 saturated carbocycles. The van der Waals surface area contributed by atoms with E-state index < -0.39 is 0 Å². The van der Waals surface area contributed by atoms with Gasteiger partial charge in [0, 0.05) is 23.7 Å². The van der Waals surface area contributed by atoms with Gasteiger partial charge in [0.2, 0.25) is 0 Å². The molecule has 0 saturated heterocycles. The highest BCUT2D eigenvalue weighted by Crippen LogP contribution is 2.22. The van der Waals surface area contributed by atoms with Crippen molar-refractivity contribution < 1.29 is 4.79 Å². The minimum atomic E-state index is -0.165. The monoisotopic (exact) mass is 323 g/mol. The molecule has 0 spiro atoms. The molecule has 0 radical (unpaired) electrons. The second-order valence-electron chi connectivity index (χ2n) is 4.91. The first kappa shape index (κ1) is 15.8. The molecule has 112 valence electrons. The minimum absolute atomic E-state index is 0.0622. The summed E-state index contributed by atoms with van der Waals surface area (Å²) in [6.45, 7) is 2.43. The number of amides is 2. The van der Waals surface area contributed by atoms with E-state index in [1.165, 1.54) is 11.3 Å². The van der Waals surface area contributed by atoms with Crippen molar-refractivity contribution in [3.05, 3.63) is 51.2 Å². The SMILES string of the molecule is CC(N)c1cccc(NC(=O)N(C)Cc2ccc(Cl)s2)c1. The lowest BCUT2D eigenvalue weighted by molar-refractivity contribution is 0.221. The Hall–Kier alpha value is -1.56. The zero-order valence-electron chi connectivity index (χ0n) is 12.0. The molecule has 0 aliphatic carbocycles. The maximum absolute atomic E-state index is 12.2. The van der Waals surface area contributed by atoms with E-state index in [-0.39, 0.29) is 12.1 Å². The summed E-state index contributed by atoms with van der Waals surface area (Å²) in [7, 11) is 1.75. The number of rotatable bonds is 4. The molecule has 21 heavy (non-hydrogen) atoms. The van der Waals surface area contributed by atoms with E-state index in [0.717, 1.165) is 20.5 Å². The fourth-order valence-electron chi connectivity index (χ4n) is 1.86. The van der Waals surface area contributed by atoms with Crippen molar-refractivity contribution in [2.24, 2.45) is 5.73 Å². The first-order valence-electron chi connectivity index (χ1n) is 6.57. The van der Waals surface area contributed by atoms with E-state index in [0.29, 0.717) is 6.54 Å². The summed E-state index contributed by atoms with van der Waals surface area (Å²) in [4.78, 5) is 14.8. The van der Waals surface area contributed by atoms with Gasteiger partial charge in [-0.15, -0.1) is 11.3 Å². The van der Waals surface area contributed by atoms with Crippen molar-refractivity contribution >= 4 is 34.7 Å². The number of nitrogens with two attached hydrogens (primary N) is 1. The van der Waals surface area contributed by atoms with Crippen LogP contribution >= 0.6 is 22.9 Å². The maximum atomic E-state index is 12.2. The molecular weight excluding hydrogens is 306 g/mol. The quantitative estimate of drug-likeness (QED) is 0.890. The molecule has 1 aromatic heterocycles. The molecule has 1 unspecified atom stereocenters. The lowest BCUT2D eigenvalue weighted by Gasteiger charge is -2.17. The number of halogens is 1. The van der Waals surface area contributed by atoms with E-state index in [9.17, 15) is 4.79 Å². The van der Waals surface area contributed by atoms with Gasteiger partial charge < -0.3 is 16.0 Å². The summed E-state index contributed by atoms with van der Waals surface area (Å²) in [5, 5.41) is 2.87. The van der Waals surface area contributed by atoms with Gasteiger partial charge in [-0.3, -0.25) is 0 Å². The van der Waals surface area contributed by atoms with Gasteiger partial charge in [-0.2, -0.15) is 0 Å². The zero-order valence-corrected chi connectivity index (χ0v) is 13.5. The van der Waals surface area contributed by atoms with Gasteiger partial charge in [0.15, 0.2) is 0 Å². The number of hydrogen-bond donors (Lipinski definition) is 2. The second kappa shape index (κ2) is 6.93. The van der Waals surface area contributed by atoms with Gasteiger partial charge in [-0.05, 0) is 36.8 Å². The molecule has 6 heteroatoms. The van der Waals surface area contributed by atoms with Gasteiger partial charge in [0.25, 0.3) is 0 Å². The highest BCUT2D eigenvalue weighted by Gasteiger charge is 2.11. The van der Waals surface area contributed by atoms with Gasteiger partial charge in [0.1, 0.15) is 0 Å². The van der Waals surface area contributed by atoms with Crippen LogP contribution in [-0.4, -0.2) is 18.0 Å². The summed E-state index contributed by atoms with van der Waals surface area (Å²) in [5.74, 6) is 0. The Balaban J connectivity index is 1.98. The van der Waals surface area contributed by atoms with Crippen LogP contribution in [0.1, 0.15) is 23.4 Å². The largest absolute Gasteiger partial charge is 0.324 e. The van der Waals surface area contributed by atoms with Crippen LogP contribution in [0.3, 0.4) is 0 Å². The normalized spacial score (nSPS) is 12.0. The number of carbonyl (C=O) groups excluding carboxylic acids is 1. The van der Waals surface area contributed by atoms with Crippen LogP contribution in [0.25, 0.3) is 0 Å². The van der Waals surface area contributed by atoms with Crippen LogP contribution in [0.15, 0.2) is 36.4 Å². The Kier molecular flexibility index (Phi) is 5.22. The van der Waals surface area contributed by atoms with Crippen LogP contribution in [0.2, 0.25) is 4.34 Å². The third kappa shape index (κ3) is 4.46. The molecular formula is C15H18ClN3OS. The van der Waals surface area contributed by atoms with E-state index in [1.807, 2.05) is 43.3 Å². The molecule has 1 heterocycles. The standard InChI is InChI=1S/C15H18ClN3OS/c1-10(17)11-4-3-5-12(8-11)18-15(20)19(2)9-13-6-7-14(16)21-13/h3-8,10H,9,17H2,1-2H3,(H,18,20). The Morgan fingerprint density at radius 3 is 2.81 bits per heavy atom. The Morgan fingerprint density at radius 2 is 2.19 bits per heavy atom. The number of hydrogen-bond acceptors (Lipinski definition) is 3. The van der Waals surface area contributed by atoms with Crippen LogP contribution in [-0.2, 0) is 6.54 Å². The molecule has 4 nitrogen and oxygen atoms in total. The Bertz CT molecular complexity index is 627. The summed E-state index contributed by atoms with van der Waals surface area (Å²) in [6, 6.07) is 11.1. The van der Waals surface area contributed by atoms with Gasteiger partial charge in [-0.25, -0.2) is 4.79 Å². The van der Waals surface area contributed by atoms with Crippen LogP contribution in [0.4, 0.5) is 10.5 Å². The predicted molar refractivity (Wildman–Crippen MR) is 88.9 cm³/mol. The highest BCUT2D eigenvalue weighted by molar-refractivity contribution is 7.16. The molecule has 0 fully saturated rings. The molecule has 3 N–H and O–H groups in total. The van der Waals surface area contributed by atoms with Gasteiger partial charge in [0.05, 0.1) is 10.9 Å². The summed E-state index contributed by atoms with van der Waals surface area (Å²) >= 11 is 7.36. The van der Waals surface area contributed by atoms with E-state index >= 15 is 0 Å². The van der Waals surface area contributed by atoms with Gasteiger partial charge in [-0.1, -0.05) is 23.7 Å². The highest BCUT2D eigenvalue weighted by atomic mass is 35.5. The molecule has 0 bridgehead atoms. The summed E-state index contributed by atoms with van der Waals surface area (Å²) < 4.78 is 0.725. The Morgan fingerprint density at radius 1 is 1.43 bits per heavy atom. The molecule has 0 aliphatic heterocycles. The summed E-state index contributed by atoms with van der Waals surface area (Å²) in [6.07, 6.45) is 0. The zero-order chi connectivity index (χ0) is 15.4. The van der Waals surface area contributed by atoms with E-state index in [1.54, 1.807) is 11.9 Å². The van der Waals surface area contributed by atoms with E-state index in [4.69, 9.17) is 17.3 Å². The number of carbonyl (C=O) groups is 1. The minimum Gasteiger partial charge on any atom is -0.324 e. The molecule has 1 atom stereocenters. The van der Waals surface area contributed by atoms with Crippen molar-refractivity contribution in [1.82, 2.24) is 4.90 Å². The molecule has 2 amide bonds. The van der Waals surface area contributed by atoms with E-state index in [2.05, 4.69) is 5.32 Å². The number of nitrogens with zero attached hydrogens (tertiary/aromatic N) is 1. The Labute approximate surface area is 133 Å². The summed E-state index contributed by atoms with van der Waals surface area (Å²) in [5.41, 5.74) is 7.57. The first-order chi connectivity index (χ1) is 9.95. The average molecular weight is 324 g/mol. The topological polar surface area (TPSA) is 58.4 Å². The first-order valence-corrected chi connectivity index (χ1v) is 7.77. The second-order valence-corrected chi connectivity index (χ2v) is 6.71. The fraction of sp³-hybridized carbons (Fsp3) is 0.267. The lowest BCUT2D eigenvalue weighted by atomic mass is 10.1. The van der Waals surface area contributed by atoms with Crippen LogP contribution in [0.5, 0.6) is 0 Å². The van der Waals surface area contributed by atoms with Crippen molar-refractivity contribution in [3.8, 4) is 0 Å². The fourth-order valence-corrected chi connectivity index (χ4v) is 3.00. The number of anilines is 1. The molecule has 2 rings (SSSR count). The maximum Gasteiger partial charge on any atom is 0.321 e. The molecule has 2 aromatic rings. The van der Waals surface area contributed by atoms with Crippen molar-refractivity contribution in [2.75, 3.05) is 12.4 Å². The smallest absolute Gasteiger partial charge is 0.321 e. The third-order valence-electron chi connectivity index (χ3n) is 3.03. The lowest BCUT2D eigenvalue weighted by Crippen LogP contribution is -2.30. The van der Waals surface area contributed by atoms with Crippen LogP contribution in [0, 0.1) is 0 Å². The van der Waals surface area contributed by atoms with Crippen LogP contribution < -0.4 is 11.1 Å². The third-order valence-corrected chi connectivity index (χ3v) is 4.25. The van der Waals surface area contributed by atoms with Crippen molar-refractivity contribution in [2.45, 2.75) is 19.5 Å². The van der Waals surface area contributed by atoms with Crippen molar-refractivity contribution in [1.29, 1.82) is 0 Å². The molecule has 1 aromatic carbocycles. The molecule has 0 aliphatic rings.